The predicted octanol–water partition coefficient (Wildman–Crippen LogP) is 5.43. The van der Waals surface area contributed by atoms with Crippen molar-refractivity contribution >= 4 is 0 Å². The van der Waals surface area contributed by atoms with Crippen molar-refractivity contribution in [2.24, 2.45) is 5.41 Å². The minimum atomic E-state index is 0.359. The van der Waals surface area contributed by atoms with Crippen LogP contribution >= 0.6 is 0 Å². The molecule has 1 fully saturated rings. The number of hydrogen-bond donors (Lipinski definition) is 1. The van der Waals surface area contributed by atoms with E-state index in [2.05, 4.69) is 57.3 Å². The number of benzene rings is 1. The third-order valence-corrected chi connectivity index (χ3v) is 4.37. The summed E-state index contributed by atoms with van der Waals surface area (Å²) in [4.78, 5) is 0. The van der Waals surface area contributed by atoms with Crippen molar-refractivity contribution in [3.05, 3.63) is 35.4 Å². The molecule has 112 valence electrons. The smallest absolute Gasteiger partial charge is 0.0328 e. The molecule has 0 amide bonds. The van der Waals surface area contributed by atoms with Crippen LogP contribution in [0.1, 0.15) is 82.9 Å². The van der Waals surface area contributed by atoms with Gasteiger partial charge in [0.2, 0.25) is 0 Å². The normalized spacial score (nSPS) is 17.8. The van der Waals surface area contributed by atoms with Crippen molar-refractivity contribution < 1.29 is 0 Å². The summed E-state index contributed by atoms with van der Waals surface area (Å²) in [5, 5.41) is 3.79. The van der Waals surface area contributed by atoms with Crippen LogP contribution in [0.3, 0.4) is 0 Å². The van der Waals surface area contributed by atoms with Gasteiger partial charge in [0.25, 0.3) is 0 Å². The minimum Gasteiger partial charge on any atom is -0.310 e. The summed E-state index contributed by atoms with van der Waals surface area (Å²) < 4.78 is 0. The SMILES string of the molecule is CCCNC(CC(C)(C)C)c1ccccc1C1CCC1. The first kappa shape index (κ1) is 15.6. The lowest BCUT2D eigenvalue weighted by Crippen LogP contribution is -2.28. The number of hydrogen-bond acceptors (Lipinski definition) is 1. The van der Waals surface area contributed by atoms with Crippen molar-refractivity contribution in [3.8, 4) is 0 Å². The molecule has 0 heterocycles. The summed E-state index contributed by atoms with van der Waals surface area (Å²) in [6, 6.07) is 9.65. The molecule has 0 radical (unpaired) electrons. The van der Waals surface area contributed by atoms with Crippen molar-refractivity contribution in [2.75, 3.05) is 6.54 Å². The van der Waals surface area contributed by atoms with Gasteiger partial charge in [0.15, 0.2) is 0 Å². The fourth-order valence-electron chi connectivity index (χ4n) is 3.14. The van der Waals surface area contributed by atoms with Crippen LogP contribution in [0.15, 0.2) is 24.3 Å². The van der Waals surface area contributed by atoms with E-state index in [1.807, 2.05) is 0 Å². The van der Waals surface area contributed by atoms with Crippen molar-refractivity contribution in [2.45, 2.75) is 71.8 Å². The molecule has 1 heteroatoms. The van der Waals surface area contributed by atoms with E-state index in [0.717, 1.165) is 12.5 Å². The van der Waals surface area contributed by atoms with Crippen molar-refractivity contribution in [1.82, 2.24) is 5.32 Å². The van der Waals surface area contributed by atoms with Gasteiger partial charge in [-0.1, -0.05) is 58.4 Å². The van der Waals surface area contributed by atoms with E-state index in [1.54, 1.807) is 11.1 Å². The molecule has 0 bridgehead atoms. The Balaban J connectivity index is 2.22. The summed E-state index contributed by atoms with van der Waals surface area (Å²) in [7, 11) is 0. The largest absolute Gasteiger partial charge is 0.310 e. The Morgan fingerprint density at radius 3 is 2.45 bits per heavy atom. The second-order valence-electron chi connectivity index (χ2n) is 7.53. The Hall–Kier alpha value is -0.820. The van der Waals surface area contributed by atoms with Gasteiger partial charge in [-0.3, -0.25) is 0 Å². The Morgan fingerprint density at radius 1 is 1.20 bits per heavy atom. The fraction of sp³-hybridized carbons (Fsp3) is 0.684. The maximum atomic E-state index is 3.79. The van der Waals surface area contributed by atoms with E-state index < -0.39 is 0 Å². The van der Waals surface area contributed by atoms with Gasteiger partial charge in [0.05, 0.1) is 0 Å². The van der Waals surface area contributed by atoms with Crippen LogP contribution < -0.4 is 5.32 Å². The van der Waals surface area contributed by atoms with Crippen LogP contribution in [0.25, 0.3) is 0 Å². The molecule has 1 aliphatic carbocycles. The number of nitrogens with one attached hydrogen (secondary N) is 1. The molecule has 2 rings (SSSR count). The minimum absolute atomic E-state index is 0.359. The third-order valence-electron chi connectivity index (χ3n) is 4.37. The van der Waals surface area contributed by atoms with E-state index in [0.29, 0.717) is 11.5 Å². The van der Waals surface area contributed by atoms with Crippen LogP contribution in [0.2, 0.25) is 0 Å². The lowest BCUT2D eigenvalue weighted by molar-refractivity contribution is 0.308. The second-order valence-corrected chi connectivity index (χ2v) is 7.53. The van der Waals surface area contributed by atoms with E-state index in [-0.39, 0.29) is 0 Å². The van der Waals surface area contributed by atoms with Gasteiger partial charge in [-0.05, 0) is 54.7 Å². The molecule has 0 spiro atoms. The quantitative estimate of drug-likeness (QED) is 0.728. The topological polar surface area (TPSA) is 12.0 Å². The molecule has 1 nitrogen and oxygen atoms in total. The van der Waals surface area contributed by atoms with Gasteiger partial charge in [0.1, 0.15) is 0 Å². The van der Waals surface area contributed by atoms with E-state index in [1.165, 1.54) is 32.1 Å². The Bertz CT molecular complexity index is 412. The summed E-state index contributed by atoms with van der Waals surface area (Å²) in [5.74, 6) is 0.817. The third kappa shape index (κ3) is 4.09. The summed E-state index contributed by atoms with van der Waals surface area (Å²) >= 11 is 0. The summed E-state index contributed by atoms with van der Waals surface area (Å²) in [6.45, 7) is 10.4. The number of rotatable bonds is 6. The van der Waals surface area contributed by atoms with Crippen LogP contribution in [0, 0.1) is 5.41 Å². The first-order valence-electron chi connectivity index (χ1n) is 8.33. The molecule has 1 atom stereocenters. The highest BCUT2D eigenvalue weighted by atomic mass is 14.9. The zero-order valence-corrected chi connectivity index (χ0v) is 13.7. The molecule has 1 unspecified atom stereocenters. The molecule has 1 aliphatic rings. The maximum absolute atomic E-state index is 3.79. The van der Waals surface area contributed by atoms with Crippen molar-refractivity contribution in [1.29, 1.82) is 0 Å². The molecule has 1 aromatic rings. The molecule has 1 saturated carbocycles. The Kier molecular flexibility index (Phi) is 5.26. The molecule has 1 aromatic carbocycles. The molecule has 0 aliphatic heterocycles. The maximum Gasteiger partial charge on any atom is 0.0328 e. The molecule has 0 aromatic heterocycles. The first-order valence-corrected chi connectivity index (χ1v) is 8.33. The zero-order chi connectivity index (χ0) is 14.6. The highest BCUT2D eigenvalue weighted by molar-refractivity contribution is 5.34. The molecule has 20 heavy (non-hydrogen) atoms. The standard InChI is InChI=1S/C19H31N/c1-5-13-20-18(14-19(2,3)4)17-12-7-6-11-16(17)15-9-8-10-15/h6-7,11-12,15,18,20H,5,8-10,13-14H2,1-4H3. The van der Waals surface area contributed by atoms with Gasteiger partial charge in [-0.2, -0.15) is 0 Å². The second kappa shape index (κ2) is 6.76. The van der Waals surface area contributed by atoms with Crippen LogP contribution in [0.4, 0.5) is 0 Å². The van der Waals surface area contributed by atoms with Gasteiger partial charge >= 0.3 is 0 Å². The highest BCUT2D eigenvalue weighted by Crippen LogP contribution is 2.41. The molecule has 0 saturated heterocycles. The van der Waals surface area contributed by atoms with E-state index in [9.17, 15) is 0 Å². The van der Waals surface area contributed by atoms with Crippen molar-refractivity contribution in [3.63, 3.8) is 0 Å². The zero-order valence-electron chi connectivity index (χ0n) is 13.7. The van der Waals surface area contributed by atoms with Gasteiger partial charge in [-0.25, -0.2) is 0 Å². The average Bonchev–Trinajstić information content (AvgIpc) is 2.32. The first-order chi connectivity index (χ1) is 9.51. The van der Waals surface area contributed by atoms with Gasteiger partial charge in [-0.15, -0.1) is 0 Å². The average molecular weight is 273 g/mol. The highest BCUT2D eigenvalue weighted by Gasteiger charge is 2.26. The lowest BCUT2D eigenvalue weighted by Gasteiger charge is -2.33. The summed E-state index contributed by atoms with van der Waals surface area (Å²) in [6.07, 6.45) is 6.58. The fourth-order valence-corrected chi connectivity index (χ4v) is 3.14. The monoisotopic (exact) mass is 273 g/mol. The molecular weight excluding hydrogens is 242 g/mol. The van der Waals surface area contributed by atoms with E-state index >= 15 is 0 Å². The Labute approximate surface area is 125 Å². The van der Waals surface area contributed by atoms with E-state index in [4.69, 9.17) is 0 Å². The molecular formula is C19H31N. The van der Waals surface area contributed by atoms with Gasteiger partial charge in [0, 0.05) is 6.04 Å². The predicted molar refractivity (Wildman–Crippen MR) is 88.1 cm³/mol. The summed E-state index contributed by atoms with van der Waals surface area (Å²) in [5.41, 5.74) is 3.52. The molecule has 1 N–H and O–H groups in total. The lowest BCUT2D eigenvalue weighted by atomic mass is 9.75. The Morgan fingerprint density at radius 2 is 1.90 bits per heavy atom. The van der Waals surface area contributed by atoms with Crippen LogP contribution in [0.5, 0.6) is 0 Å². The van der Waals surface area contributed by atoms with Gasteiger partial charge < -0.3 is 5.32 Å². The van der Waals surface area contributed by atoms with Crippen LogP contribution in [-0.4, -0.2) is 6.54 Å². The van der Waals surface area contributed by atoms with Crippen LogP contribution in [-0.2, 0) is 0 Å².